The van der Waals surface area contributed by atoms with Gasteiger partial charge in [0.25, 0.3) is 0 Å². The van der Waals surface area contributed by atoms with E-state index in [1.165, 1.54) is 13.2 Å². The van der Waals surface area contributed by atoms with Crippen molar-refractivity contribution in [3.8, 4) is 0 Å². The van der Waals surface area contributed by atoms with E-state index in [0.717, 1.165) is 8.47 Å². The lowest BCUT2D eigenvalue weighted by Crippen LogP contribution is -2.24. The van der Waals surface area contributed by atoms with Gasteiger partial charge in [0, 0.05) is 10.6 Å². The summed E-state index contributed by atoms with van der Waals surface area (Å²) in [6.07, 6.45) is 0.403. The van der Waals surface area contributed by atoms with Crippen LogP contribution in [0, 0.1) is 3.57 Å². The number of pyridine rings is 1. The minimum Gasteiger partial charge on any atom is -0.465 e. The Kier molecular flexibility index (Phi) is 3.32. The van der Waals surface area contributed by atoms with Crippen LogP contribution < -0.4 is 4.90 Å². The summed E-state index contributed by atoms with van der Waals surface area (Å²) in [7, 11) is 1.45. The normalized spacial score (nSPS) is 9.77. The molecule has 4 nitrogen and oxygen atoms in total. The van der Waals surface area contributed by atoms with Crippen LogP contribution in [-0.4, -0.2) is 23.2 Å². The second-order valence-electron chi connectivity index (χ2n) is 2.30. The molecule has 70 valence electrons. The summed E-state index contributed by atoms with van der Waals surface area (Å²) in [4.78, 5) is 15.5. The minimum absolute atomic E-state index is 0.354. The van der Waals surface area contributed by atoms with Crippen molar-refractivity contribution >= 4 is 46.0 Å². The molecule has 0 atom stereocenters. The Morgan fingerprint density at radius 3 is 2.85 bits per heavy atom. The summed E-state index contributed by atoms with van der Waals surface area (Å²) >= 11 is 7.62. The standard InChI is InChI=1S/C7H6ClIN2O2/c1-11(7(12)13)5-3-10-6(8)2-4(5)9/h2-3H,1H3,(H,12,13). The molecule has 1 aromatic rings. The maximum Gasteiger partial charge on any atom is 0.411 e. The molecule has 1 rings (SSSR count). The van der Waals surface area contributed by atoms with Gasteiger partial charge in [0.15, 0.2) is 0 Å². The van der Waals surface area contributed by atoms with Crippen LogP contribution in [-0.2, 0) is 0 Å². The van der Waals surface area contributed by atoms with E-state index >= 15 is 0 Å². The summed E-state index contributed by atoms with van der Waals surface area (Å²) in [5.41, 5.74) is 0.525. The molecule has 0 aliphatic heterocycles. The van der Waals surface area contributed by atoms with Crippen LogP contribution in [0.3, 0.4) is 0 Å². The SMILES string of the molecule is CN(C(=O)O)c1cnc(Cl)cc1I. The zero-order valence-electron chi connectivity index (χ0n) is 6.66. The summed E-state index contributed by atoms with van der Waals surface area (Å²) in [6, 6.07) is 1.61. The molecular formula is C7H6ClIN2O2. The molecular weight excluding hydrogens is 306 g/mol. The van der Waals surface area contributed by atoms with E-state index in [4.69, 9.17) is 16.7 Å². The first-order chi connectivity index (χ1) is 6.02. The molecule has 0 saturated carbocycles. The van der Waals surface area contributed by atoms with Gasteiger partial charge >= 0.3 is 6.09 Å². The zero-order chi connectivity index (χ0) is 10.0. The van der Waals surface area contributed by atoms with Crippen molar-refractivity contribution in [1.82, 2.24) is 4.98 Å². The van der Waals surface area contributed by atoms with Crippen LogP contribution in [0.25, 0.3) is 0 Å². The number of carbonyl (C=O) groups is 1. The van der Waals surface area contributed by atoms with Crippen molar-refractivity contribution in [1.29, 1.82) is 0 Å². The fourth-order valence-electron chi connectivity index (χ4n) is 0.750. The molecule has 0 aliphatic rings. The second kappa shape index (κ2) is 4.10. The molecule has 0 spiro atoms. The van der Waals surface area contributed by atoms with Crippen molar-refractivity contribution in [2.24, 2.45) is 0 Å². The van der Waals surface area contributed by atoms with E-state index in [1.807, 2.05) is 22.6 Å². The lowest BCUT2D eigenvalue weighted by Gasteiger charge is -2.13. The Balaban J connectivity index is 3.08. The van der Waals surface area contributed by atoms with Gasteiger partial charge in [0.05, 0.1) is 11.9 Å². The van der Waals surface area contributed by atoms with Crippen molar-refractivity contribution in [2.45, 2.75) is 0 Å². The number of rotatable bonds is 1. The second-order valence-corrected chi connectivity index (χ2v) is 3.85. The number of hydrogen-bond donors (Lipinski definition) is 1. The van der Waals surface area contributed by atoms with Crippen LogP contribution >= 0.6 is 34.2 Å². The van der Waals surface area contributed by atoms with Crippen molar-refractivity contribution < 1.29 is 9.90 Å². The highest BCUT2D eigenvalue weighted by molar-refractivity contribution is 14.1. The lowest BCUT2D eigenvalue weighted by atomic mass is 10.4. The molecule has 0 fully saturated rings. The Morgan fingerprint density at radius 2 is 2.38 bits per heavy atom. The summed E-state index contributed by atoms with van der Waals surface area (Å²) in [5.74, 6) is 0. The monoisotopic (exact) mass is 312 g/mol. The predicted octanol–water partition coefficient (Wildman–Crippen LogP) is 2.45. The first-order valence-corrected chi connectivity index (χ1v) is 4.75. The van der Waals surface area contributed by atoms with Crippen molar-refractivity contribution in [2.75, 3.05) is 11.9 Å². The highest BCUT2D eigenvalue weighted by Crippen LogP contribution is 2.22. The topological polar surface area (TPSA) is 53.4 Å². The van der Waals surface area contributed by atoms with E-state index in [9.17, 15) is 4.79 Å². The van der Waals surface area contributed by atoms with Crippen molar-refractivity contribution in [3.63, 3.8) is 0 Å². The zero-order valence-corrected chi connectivity index (χ0v) is 9.57. The van der Waals surface area contributed by atoms with Crippen LogP contribution in [0.1, 0.15) is 0 Å². The van der Waals surface area contributed by atoms with Crippen LogP contribution in [0.15, 0.2) is 12.3 Å². The number of anilines is 1. The van der Waals surface area contributed by atoms with E-state index in [0.29, 0.717) is 10.8 Å². The number of halogens is 2. The van der Waals surface area contributed by atoms with Crippen LogP contribution in [0.5, 0.6) is 0 Å². The average molecular weight is 312 g/mol. The third-order valence-electron chi connectivity index (χ3n) is 1.45. The molecule has 0 radical (unpaired) electrons. The molecule has 0 aliphatic carbocycles. The lowest BCUT2D eigenvalue weighted by molar-refractivity contribution is 0.203. The molecule has 1 heterocycles. The third-order valence-corrected chi connectivity index (χ3v) is 2.52. The van der Waals surface area contributed by atoms with Gasteiger partial charge in [0.2, 0.25) is 0 Å². The average Bonchev–Trinajstić information content (AvgIpc) is 2.03. The van der Waals surface area contributed by atoms with Crippen molar-refractivity contribution in [3.05, 3.63) is 21.0 Å². The smallest absolute Gasteiger partial charge is 0.411 e. The fraction of sp³-hybridized carbons (Fsp3) is 0.143. The van der Waals surface area contributed by atoms with Gasteiger partial charge in [-0.2, -0.15) is 0 Å². The van der Waals surface area contributed by atoms with E-state index in [2.05, 4.69) is 4.98 Å². The van der Waals surface area contributed by atoms with Gasteiger partial charge in [0.1, 0.15) is 5.15 Å². The quantitative estimate of drug-likeness (QED) is 0.640. The Bertz CT molecular complexity index is 345. The summed E-state index contributed by atoms with van der Waals surface area (Å²) in [6.45, 7) is 0. The number of hydrogen-bond acceptors (Lipinski definition) is 2. The van der Waals surface area contributed by atoms with E-state index in [1.54, 1.807) is 6.07 Å². The molecule has 0 saturated heterocycles. The van der Waals surface area contributed by atoms with Gasteiger partial charge in [-0.15, -0.1) is 0 Å². The highest BCUT2D eigenvalue weighted by Gasteiger charge is 2.12. The summed E-state index contributed by atoms with van der Waals surface area (Å²) in [5, 5.41) is 9.04. The Labute approximate surface area is 93.7 Å². The van der Waals surface area contributed by atoms with Crippen LogP contribution in [0.4, 0.5) is 10.5 Å². The van der Waals surface area contributed by atoms with Gasteiger partial charge in [-0.05, 0) is 28.7 Å². The first-order valence-electron chi connectivity index (χ1n) is 3.30. The number of carboxylic acid groups (broad SMARTS) is 1. The first kappa shape index (κ1) is 10.5. The number of amides is 1. The largest absolute Gasteiger partial charge is 0.465 e. The van der Waals surface area contributed by atoms with Gasteiger partial charge < -0.3 is 5.11 Å². The Morgan fingerprint density at radius 1 is 1.77 bits per heavy atom. The maximum absolute atomic E-state index is 10.6. The maximum atomic E-state index is 10.6. The van der Waals surface area contributed by atoms with Gasteiger partial charge in [-0.3, -0.25) is 4.90 Å². The molecule has 0 unspecified atom stereocenters. The molecule has 13 heavy (non-hydrogen) atoms. The molecule has 1 aromatic heterocycles. The molecule has 6 heteroatoms. The Hall–Kier alpha value is -0.560. The predicted molar refractivity (Wildman–Crippen MR) is 58.4 cm³/mol. The van der Waals surface area contributed by atoms with E-state index in [-0.39, 0.29) is 0 Å². The number of aromatic nitrogens is 1. The molecule has 1 N–H and O–H groups in total. The van der Waals surface area contributed by atoms with Gasteiger partial charge in [-0.1, -0.05) is 11.6 Å². The third kappa shape index (κ3) is 2.44. The van der Waals surface area contributed by atoms with E-state index < -0.39 is 6.09 Å². The molecule has 1 amide bonds. The van der Waals surface area contributed by atoms with Gasteiger partial charge in [-0.25, -0.2) is 9.78 Å². The molecule has 0 aromatic carbocycles. The fourth-order valence-corrected chi connectivity index (χ4v) is 1.89. The number of nitrogens with zero attached hydrogens (tertiary/aromatic N) is 2. The highest BCUT2D eigenvalue weighted by atomic mass is 127. The molecule has 0 bridgehead atoms. The van der Waals surface area contributed by atoms with Crippen LogP contribution in [0.2, 0.25) is 5.15 Å². The minimum atomic E-state index is -1.03. The summed E-state index contributed by atoms with van der Waals surface area (Å²) < 4.78 is 0.752.